The number of aromatic nitrogens is 2. The highest BCUT2D eigenvalue weighted by Gasteiger charge is 2.16. The summed E-state index contributed by atoms with van der Waals surface area (Å²) in [5.41, 5.74) is 0.936. The van der Waals surface area contributed by atoms with Gasteiger partial charge in [-0.05, 0) is 24.3 Å². The molecule has 1 N–H and O–H groups in total. The van der Waals surface area contributed by atoms with E-state index in [-0.39, 0.29) is 5.91 Å². The van der Waals surface area contributed by atoms with Gasteiger partial charge in [0.2, 0.25) is 17.7 Å². The largest absolute Gasteiger partial charge is 0.421 e. The Balaban J connectivity index is 1.47. The van der Waals surface area contributed by atoms with E-state index in [4.69, 9.17) is 4.42 Å². The highest BCUT2D eigenvalue weighted by atomic mass is 32.1. The van der Waals surface area contributed by atoms with E-state index in [1.54, 1.807) is 11.3 Å². The molecule has 0 unspecified atom stereocenters. The Hall–Kier alpha value is -1.69. The molecule has 0 bridgehead atoms. The van der Waals surface area contributed by atoms with E-state index in [9.17, 15) is 4.79 Å². The van der Waals surface area contributed by atoms with Crippen LogP contribution in [0.5, 0.6) is 0 Å². The molecule has 6 heteroatoms. The van der Waals surface area contributed by atoms with Crippen LogP contribution in [0.3, 0.4) is 0 Å². The van der Waals surface area contributed by atoms with E-state index in [0.717, 1.165) is 18.4 Å². The maximum atomic E-state index is 11.9. The summed E-state index contributed by atoms with van der Waals surface area (Å²) in [7, 11) is 0. The molecule has 2 heterocycles. The Morgan fingerprint density at radius 3 is 2.95 bits per heavy atom. The number of hydrogen-bond acceptors (Lipinski definition) is 5. The van der Waals surface area contributed by atoms with Gasteiger partial charge < -0.3 is 9.73 Å². The van der Waals surface area contributed by atoms with Crippen molar-refractivity contribution in [1.29, 1.82) is 0 Å². The van der Waals surface area contributed by atoms with Gasteiger partial charge in [0.15, 0.2) is 0 Å². The molecule has 3 rings (SSSR count). The maximum Gasteiger partial charge on any atom is 0.248 e. The molecule has 0 spiro atoms. The smallest absolute Gasteiger partial charge is 0.248 e. The Bertz CT molecular complexity index is 574. The summed E-state index contributed by atoms with van der Waals surface area (Å²) in [6, 6.07) is 2.30. The molecule has 112 valence electrons. The normalized spacial score (nSPS) is 16.0. The molecule has 21 heavy (non-hydrogen) atoms. The number of carbonyl (C=O) groups excluding carboxylic acids is 1. The Morgan fingerprint density at radius 1 is 1.33 bits per heavy atom. The number of hydrogen-bond donors (Lipinski definition) is 1. The molecule has 1 aliphatic carbocycles. The van der Waals surface area contributed by atoms with Crippen molar-refractivity contribution in [2.45, 2.75) is 51.0 Å². The van der Waals surface area contributed by atoms with Gasteiger partial charge >= 0.3 is 0 Å². The van der Waals surface area contributed by atoms with Gasteiger partial charge in [0.1, 0.15) is 0 Å². The van der Waals surface area contributed by atoms with Crippen LogP contribution in [0.1, 0.15) is 44.4 Å². The summed E-state index contributed by atoms with van der Waals surface area (Å²) in [4.78, 5) is 11.9. The predicted molar refractivity (Wildman–Crippen MR) is 80.9 cm³/mol. The first kappa shape index (κ1) is 14.3. The molecule has 1 saturated carbocycles. The minimum Gasteiger partial charge on any atom is -0.421 e. The third-order valence-electron chi connectivity index (χ3n) is 3.77. The van der Waals surface area contributed by atoms with Crippen LogP contribution in [0.4, 0.5) is 0 Å². The molecule has 0 radical (unpaired) electrons. The summed E-state index contributed by atoms with van der Waals surface area (Å²) < 4.78 is 5.57. The number of carbonyl (C=O) groups is 1. The minimum absolute atomic E-state index is 0.0807. The Labute approximate surface area is 127 Å². The molecule has 0 saturated heterocycles. The fraction of sp³-hybridized carbons (Fsp3) is 0.533. The summed E-state index contributed by atoms with van der Waals surface area (Å²) in [6.07, 6.45) is 6.84. The van der Waals surface area contributed by atoms with Crippen LogP contribution in [0.25, 0.3) is 11.5 Å². The zero-order chi connectivity index (χ0) is 14.5. The zero-order valence-electron chi connectivity index (χ0n) is 11.9. The van der Waals surface area contributed by atoms with Gasteiger partial charge in [-0.1, -0.05) is 19.3 Å². The van der Waals surface area contributed by atoms with Crippen molar-refractivity contribution in [3.63, 3.8) is 0 Å². The Kier molecular flexibility index (Phi) is 4.65. The SMILES string of the molecule is O=C(CCc1nnc(-c2ccsc2)o1)NC1CCCCC1. The van der Waals surface area contributed by atoms with Crippen LogP contribution < -0.4 is 5.32 Å². The van der Waals surface area contributed by atoms with Crippen molar-refractivity contribution < 1.29 is 9.21 Å². The summed E-state index contributed by atoms with van der Waals surface area (Å²) in [5.74, 6) is 1.13. The van der Waals surface area contributed by atoms with Crippen molar-refractivity contribution in [1.82, 2.24) is 15.5 Å². The molecule has 0 aromatic carbocycles. The standard InChI is InChI=1S/C15H19N3O2S/c19-13(16-12-4-2-1-3-5-12)6-7-14-17-18-15(20-14)11-8-9-21-10-11/h8-10,12H,1-7H2,(H,16,19). The number of nitrogens with one attached hydrogen (secondary N) is 1. The van der Waals surface area contributed by atoms with Gasteiger partial charge in [0.25, 0.3) is 0 Å². The first-order valence-electron chi connectivity index (χ1n) is 7.45. The second kappa shape index (κ2) is 6.85. The van der Waals surface area contributed by atoms with Gasteiger partial charge in [0.05, 0.1) is 0 Å². The average Bonchev–Trinajstić information content (AvgIpc) is 3.17. The minimum atomic E-state index is 0.0807. The van der Waals surface area contributed by atoms with Crippen LogP contribution in [0, 0.1) is 0 Å². The molecule has 1 aliphatic rings. The number of amides is 1. The van der Waals surface area contributed by atoms with E-state index in [1.165, 1.54) is 19.3 Å². The van der Waals surface area contributed by atoms with Gasteiger partial charge in [-0.2, -0.15) is 11.3 Å². The molecule has 1 fully saturated rings. The van der Waals surface area contributed by atoms with E-state index in [0.29, 0.717) is 30.7 Å². The van der Waals surface area contributed by atoms with Crippen molar-refractivity contribution in [2.75, 3.05) is 0 Å². The molecule has 2 aromatic rings. The average molecular weight is 305 g/mol. The number of nitrogens with zero attached hydrogens (tertiary/aromatic N) is 2. The Morgan fingerprint density at radius 2 is 2.19 bits per heavy atom. The lowest BCUT2D eigenvalue weighted by Gasteiger charge is -2.22. The van der Waals surface area contributed by atoms with Crippen LogP contribution >= 0.6 is 11.3 Å². The van der Waals surface area contributed by atoms with E-state index >= 15 is 0 Å². The van der Waals surface area contributed by atoms with Crippen molar-refractivity contribution in [2.24, 2.45) is 0 Å². The van der Waals surface area contributed by atoms with Crippen molar-refractivity contribution >= 4 is 17.2 Å². The lowest BCUT2D eigenvalue weighted by atomic mass is 9.95. The third kappa shape index (κ3) is 3.91. The first-order valence-corrected chi connectivity index (χ1v) is 8.40. The van der Waals surface area contributed by atoms with E-state index < -0.39 is 0 Å². The topological polar surface area (TPSA) is 68.0 Å². The molecular formula is C15H19N3O2S. The predicted octanol–water partition coefficient (Wildman–Crippen LogP) is 3.18. The third-order valence-corrected chi connectivity index (χ3v) is 4.45. The summed E-state index contributed by atoms with van der Waals surface area (Å²) >= 11 is 1.59. The van der Waals surface area contributed by atoms with E-state index in [2.05, 4.69) is 15.5 Å². The first-order chi connectivity index (χ1) is 10.3. The summed E-state index contributed by atoms with van der Waals surface area (Å²) in [6.45, 7) is 0. The van der Waals surface area contributed by atoms with Crippen LogP contribution in [0.2, 0.25) is 0 Å². The fourth-order valence-electron chi connectivity index (χ4n) is 2.62. The van der Waals surface area contributed by atoms with Crippen LogP contribution in [-0.4, -0.2) is 22.1 Å². The van der Waals surface area contributed by atoms with Crippen molar-refractivity contribution in [3.8, 4) is 11.5 Å². The monoisotopic (exact) mass is 305 g/mol. The molecule has 0 atom stereocenters. The molecule has 0 aliphatic heterocycles. The summed E-state index contributed by atoms with van der Waals surface area (Å²) in [5, 5.41) is 15.0. The van der Waals surface area contributed by atoms with Gasteiger partial charge in [0, 0.05) is 29.8 Å². The van der Waals surface area contributed by atoms with Crippen molar-refractivity contribution in [3.05, 3.63) is 22.7 Å². The van der Waals surface area contributed by atoms with E-state index in [1.807, 2.05) is 16.8 Å². The van der Waals surface area contributed by atoms with Crippen LogP contribution in [-0.2, 0) is 11.2 Å². The van der Waals surface area contributed by atoms with Crippen LogP contribution in [0.15, 0.2) is 21.2 Å². The highest BCUT2D eigenvalue weighted by molar-refractivity contribution is 7.08. The quantitative estimate of drug-likeness (QED) is 0.921. The molecule has 5 nitrogen and oxygen atoms in total. The molecular weight excluding hydrogens is 286 g/mol. The molecule has 1 amide bonds. The maximum absolute atomic E-state index is 11.9. The zero-order valence-corrected chi connectivity index (χ0v) is 12.7. The lowest BCUT2D eigenvalue weighted by molar-refractivity contribution is -0.122. The number of thiophene rings is 1. The van der Waals surface area contributed by atoms with Gasteiger partial charge in [-0.25, -0.2) is 0 Å². The number of aryl methyl sites for hydroxylation is 1. The highest BCUT2D eigenvalue weighted by Crippen LogP contribution is 2.21. The fourth-order valence-corrected chi connectivity index (χ4v) is 3.25. The lowest BCUT2D eigenvalue weighted by Crippen LogP contribution is -2.36. The molecule has 2 aromatic heterocycles. The second-order valence-corrected chi connectivity index (χ2v) is 6.20. The second-order valence-electron chi connectivity index (χ2n) is 5.42. The number of rotatable bonds is 5. The van der Waals surface area contributed by atoms with Gasteiger partial charge in [-0.15, -0.1) is 10.2 Å². The van der Waals surface area contributed by atoms with Gasteiger partial charge in [-0.3, -0.25) is 4.79 Å².